The van der Waals surface area contributed by atoms with E-state index in [-0.39, 0.29) is 5.91 Å². The highest BCUT2D eigenvalue weighted by Gasteiger charge is 2.13. The second-order valence-corrected chi connectivity index (χ2v) is 6.27. The van der Waals surface area contributed by atoms with Crippen LogP contribution in [0.15, 0.2) is 42.6 Å². The van der Waals surface area contributed by atoms with E-state index in [9.17, 15) is 4.79 Å². The van der Waals surface area contributed by atoms with Gasteiger partial charge in [-0.2, -0.15) is 0 Å². The molecule has 1 N–H and O–H groups in total. The third kappa shape index (κ3) is 4.10. The van der Waals surface area contributed by atoms with E-state index in [2.05, 4.69) is 46.1 Å². The number of hydrogen-bond acceptors (Lipinski definition) is 4. The maximum absolute atomic E-state index is 12.5. The third-order valence-electron chi connectivity index (χ3n) is 4.70. The van der Waals surface area contributed by atoms with Crippen LogP contribution in [-0.2, 0) is 0 Å². The second-order valence-electron chi connectivity index (χ2n) is 6.27. The molecule has 2 heterocycles. The van der Waals surface area contributed by atoms with E-state index in [1.54, 1.807) is 6.20 Å². The summed E-state index contributed by atoms with van der Waals surface area (Å²) in [5, 5.41) is 2.94. The van der Waals surface area contributed by atoms with Gasteiger partial charge in [0.25, 0.3) is 5.91 Å². The van der Waals surface area contributed by atoms with Crippen LogP contribution in [0.5, 0.6) is 0 Å². The van der Waals surface area contributed by atoms with Crippen molar-refractivity contribution in [3.05, 3.63) is 48.3 Å². The quantitative estimate of drug-likeness (QED) is 0.871. The maximum atomic E-state index is 12.5. The molecular weight excluding hydrogens is 312 g/mol. The largest absolute Gasteiger partial charge is 0.372 e. The van der Waals surface area contributed by atoms with E-state index in [0.29, 0.717) is 5.69 Å². The van der Waals surface area contributed by atoms with Crippen LogP contribution in [0, 0.1) is 0 Å². The van der Waals surface area contributed by atoms with Gasteiger partial charge in [-0.1, -0.05) is 0 Å². The normalized spacial score (nSPS) is 13.8. The van der Waals surface area contributed by atoms with Gasteiger partial charge in [0, 0.05) is 49.4 Å². The van der Waals surface area contributed by atoms with E-state index in [1.807, 2.05) is 24.3 Å². The molecule has 1 fully saturated rings. The Bertz CT molecular complexity index is 704. The maximum Gasteiger partial charge on any atom is 0.274 e. The molecule has 2 aromatic rings. The first kappa shape index (κ1) is 17.3. The molecule has 0 aliphatic carbocycles. The van der Waals surface area contributed by atoms with Crippen LogP contribution in [0.1, 0.15) is 37.2 Å². The predicted octanol–water partition coefficient (Wildman–Crippen LogP) is 3.78. The Morgan fingerprint density at radius 1 is 1.12 bits per heavy atom. The Balaban J connectivity index is 1.68. The van der Waals surface area contributed by atoms with Crippen molar-refractivity contribution in [2.45, 2.75) is 26.7 Å². The minimum atomic E-state index is -0.178. The number of benzene rings is 1. The summed E-state index contributed by atoms with van der Waals surface area (Å²) in [5.74, 6) is -0.178. The molecule has 5 nitrogen and oxygen atoms in total. The number of carbonyl (C=O) groups excluding carboxylic acids is 1. The highest BCUT2D eigenvalue weighted by molar-refractivity contribution is 6.03. The monoisotopic (exact) mass is 338 g/mol. The molecule has 25 heavy (non-hydrogen) atoms. The van der Waals surface area contributed by atoms with Gasteiger partial charge >= 0.3 is 0 Å². The van der Waals surface area contributed by atoms with Gasteiger partial charge in [-0.25, -0.2) is 0 Å². The first-order chi connectivity index (χ1) is 12.2. The molecular formula is C20H26N4O. The van der Waals surface area contributed by atoms with E-state index < -0.39 is 0 Å². The Morgan fingerprint density at radius 3 is 2.44 bits per heavy atom. The first-order valence-corrected chi connectivity index (χ1v) is 9.08. The molecule has 1 amide bonds. The van der Waals surface area contributed by atoms with Gasteiger partial charge in [0.2, 0.25) is 0 Å². The number of pyridine rings is 1. The molecule has 1 saturated heterocycles. The van der Waals surface area contributed by atoms with E-state index in [1.165, 1.54) is 18.5 Å². The van der Waals surface area contributed by atoms with Crippen molar-refractivity contribution in [1.82, 2.24) is 4.98 Å². The lowest BCUT2D eigenvalue weighted by Gasteiger charge is -2.21. The molecule has 0 radical (unpaired) electrons. The lowest BCUT2D eigenvalue weighted by atomic mass is 10.2. The molecule has 1 aliphatic rings. The van der Waals surface area contributed by atoms with Crippen LogP contribution in [-0.4, -0.2) is 37.1 Å². The minimum absolute atomic E-state index is 0.178. The summed E-state index contributed by atoms with van der Waals surface area (Å²) in [6, 6.07) is 11.8. The number of amides is 1. The smallest absolute Gasteiger partial charge is 0.274 e. The van der Waals surface area contributed by atoms with Gasteiger partial charge in [-0.3, -0.25) is 9.78 Å². The minimum Gasteiger partial charge on any atom is -0.372 e. The van der Waals surface area contributed by atoms with Crippen molar-refractivity contribution in [2.24, 2.45) is 0 Å². The number of nitrogens with zero attached hydrogens (tertiary/aromatic N) is 3. The lowest BCUT2D eigenvalue weighted by Crippen LogP contribution is -2.23. The van der Waals surface area contributed by atoms with Crippen LogP contribution < -0.4 is 15.1 Å². The van der Waals surface area contributed by atoms with Crippen molar-refractivity contribution >= 4 is 23.0 Å². The topological polar surface area (TPSA) is 48.5 Å². The first-order valence-electron chi connectivity index (χ1n) is 9.08. The molecule has 0 spiro atoms. The van der Waals surface area contributed by atoms with Gasteiger partial charge in [0.1, 0.15) is 5.69 Å². The summed E-state index contributed by atoms with van der Waals surface area (Å²) in [6.07, 6.45) is 4.21. The van der Waals surface area contributed by atoms with Gasteiger partial charge in [0.05, 0.1) is 0 Å². The zero-order valence-corrected chi connectivity index (χ0v) is 15.0. The number of hydrogen-bond donors (Lipinski definition) is 1. The fraction of sp³-hybridized carbons (Fsp3) is 0.400. The van der Waals surface area contributed by atoms with Crippen molar-refractivity contribution in [1.29, 1.82) is 0 Å². The van der Waals surface area contributed by atoms with E-state index >= 15 is 0 Å². The van der Waals surface area contributed by atoms with Crippen molar-refractivity contribution in [3.63, 3.8) is 0 Å². The SMILES string of the molecule is CCN(CC)c1ccnc(C(=O)Nc2ccc(N3CCCC3)cc2)c1. The molecule has 1 aromatic heterocycles. The fourth-order valence-corrected chi connectivity index (χ4v) is 3.26. The zero-order valence-electron chi connectivity index (χ0n) is 15.0. The second kappa shape index (κ2) is 8.01. The Labute approximate surface area is 149 Å². The standard InChI is InChI=1S/C20H26N4O/c1-3-23(4-2)18-11-12-21-19(15-18)20(25)22-16-7-9-17(10-8-16)24-13-5-6-14-24/h7-12,15H,3-6,13-14H2,1-2H3,(H,22,25). The van der Waals surface area contributed by atoms with Crippen LogP contribution in [0.4, 0.5) is 17.1 Å². The molecule has 5 heteroatoms. The average molecular weight is 338 g/mol. The molecule has 0 unspecified atom stereocenters. The summed E-state index contributed by atoms with van der Waals surface area (Å²) in [7, 11) is 0. The molecule has 0 bridgehead atoms. The predicted molar refractivity (Wildman–Crippen MR) is 104 cm³/mol. The van der Waals surface area contributed by atoms with Crippen molar-refractivity contribution < 1.29 is 4.79 Å². The number of anilines is 3. The Morgan fingerprint density at radius 2 is 1.80 bits per heavy atom. The van der Waals surface area contributed by atoms with Crippen LogP contribution in [0.3, 0.4) is 0 Å². The van der Waals surface area contributed by atoms with E-state index in [0.717, 1.165) is 37.6 Å². The summed E-state index contributed by atoms with van der Waals surface area (Å²) in [6.45, 7) is 8.25. The van der Waals surface area contributed by atoms with Gasteiger partial charge < -0.3 is 15.1 Å². The molecule has 0 atom stereocenters. The molecule has 132 valence electrons. The van der Waals surface area contributed by atoms with Gasteiger partial charge in [-0.05, 0) is 63.1 Å². The summed E-state index contributed by atoms with van der Waals surface area (Å²) >= 11 is 0. The highest BCUT2D eigenvalue weighted by Crippen LogP contribution is 2.22. The third-order valence-corrected chi connectivity index (χ3v) is 4.70. The average Bonchev–Trinajstić information content (AvgIpc) is 3.18. The number of nitrogens with one attached hydrogen (secondary N) is 1. The van der Waals surface area contributed by atoms with Crippen molar-refractivity contribution in [2.75, 3.05) is 41.3 Å². The van der Waals surface area contributed by atoms with Gasteiger partial charge in [0.15, 0.2) is 0 Å². The lowest BCUT2D eigenvalue weighted by molar-refractivity contribution is 0.102. The van der Waals surface area contributed by atoms with Crippen LogP contribution in [0.25, 0.3) is 0 Å². The molecule has 3 rings (SSSR count). The number of aromatic nitrogens is 1. The molecule has 0 saturated carbocycles. The van der Waals surface area contributed by atoms with Crippen molar-refractivity contribution in [3.8, 4) is 0 Å². The van der Waals surface area contributed by atoms with E-state index in [4.69, 9.17) is 0 Å². The fourth-order valence-electron chi connectivity index (χ4n) is 3.26. The number of carbonyl (C=O) groups is 1. The Hall–Kier alpha value is -2.56. The molecule has 1 aliphatic heterocycles. The van der Waals surface area contributed by atoms with Crippen LogP contribution in [0.2, 0.25) is 0 Å². The summed E-state index contributed by atoms with van der Waals surface area (Å²) < 4.78 is 0. The van der Waals surface area contributed by atoms with Gasteiger partial charge in [-0.15, -0.1) is 0 Å². The summed E-state index contributed by atoms with van der Waals surface area (Å²) in [4.78, 5) is 21.3. The number of rotatable bonds is 6. The zero-order chi connectivity index (χ0) is 17.6. The summed E-state index contributed by atoms with van der Waals surface area (Å²) in [5.41, 5.74) is 3.47. The van der Waals surface area contributed by atoms with Crippen LogP contribution >= 0.6 is 0 Å². The molecule has 1 aromatic carbocycles. The Kier molecular flexibility index (Phi) is 5.53. The highest BCUT2D eigenvalue weighted by atomic mass is 16.1.